The molecule has 0 aromatic heterocycles. The van der Waals surface area contributed by atoms with E-state index in [2.05, 4.69) is 21.2 Å². The lowest BCUT2D eigenvalue weighted by Gasteiger charge is -2.41. The van der Waals surface area contributed by atoms with E-state index < -0.39 is 0 Å². The van der Waals surface area contributed by atoms with Crippen LogP contribution >= 0.6 is 15.9 Å². The second-order valence-corrected chi connectivity index (χ2v) is 7.06. The first kappa shape index (κ1) is 17.2. The van der Waals surface area contributed by atoms with E-state index >= 15 is 0 Å². The van der Waals surface area contributed by atoms with Crippen molar-refractivity contribution >= 4 is 27.7 Å². The van der Waals surface area contributed by atoms with Crippen molar-refractivity contribution in [2.75, 3.05) is 39.3 Å². The Labute approximate surface area is 150 Å². The van der Waals surface area contributed by atoms with Gasteiger partial charge in [-0.1, -0.05) is 22.0 Å². The summed E-state index contributed by atoms with van der Waals surface area (Å²) in [5.41, 5.74) is 0. The van der Waals surface area contributed by atoms with Crippen LogP contribution < -0.4 is 10.1 Å². The molecule has 6 nitrogen and oxygen atoms in total. The molecule has 1 N–H and O–H groups in total. The number of carbonyl (C=O) groups excluding carboxylic acids is 2. The van der Waals surface area contributed by atoms with Gasteiger partial charge in [-0.15, -0.1) is 0 Å². The molecule has 0 bridgehead atoms. The van der Waals surface area contributed by atoms with Gasteiger partial charge in [0.25, 0.3) is 5.91 Å². The minimum atomic E-state index is -0.0257. The van der Waals surface area contributed by atoms with Gasteiger partial charge in [0.1, 0.15) is 5.75 Å². The molecule has 1 atom stereocenters. The number of nitrogens with zero attached hydrogens (tertiary/aromatic N) is 2. The number of hydrogen-bond donors (Lipinski definition) is 1. The number of likely N-dealkylation sites (tertiary alicyclic amines) is 1. The van der Waals surface area contributed by atoms with Gasteiger partial charge in [-0.2, -0.15) is 0 Å². The second kappa shape index (κ2) is 7.98. The predicted molar refractivity (Wildman–Crippen MR) is 93.8 cm³/mol. The molecular formula is C17H22BrN3O3. The zero-order chi connectivity index (χ0) is 16.9. The first-order valence-electron chi connectivity index (χ1n) is 8.30. The zero-order valence-corrected chi connectivity index (χ0v) is 15.1. The number of piperazine rings is 1. The first-order valence-corrected chi connectivity index (χ1v) is 9.09. The van der Waals surface area contributed by atoms with Crippen LogP contribution in [0.25, 0.3) is 0 Å². The maximum atomic E-state index is 12.4. The summed E-state index contributed by atoms with van der Waals surface area (Å²) in [6, 6.07) is 7.58. The summed E-state index contributed by atoms with van der Waals surface area (Å²) in [6.45, 7) is 3.31. The fraction of sp³-hybridized carbons (Fsp3) is 0.529. The van der Waals surface area contributed by atoms with Gasteiger partial charge in [0, 0.05) is 36.7 Å². The van der Waals surface area contributed by atoms with Crippen molar-refractivity contribution < 1.29 is 14.3 Å². The van der Waals surface area contributed by atoms with Crippen molar-refractivity contribution in [1.82, 2.24) is 15.1 Å². The van der Waals surface area contributed by atoms with Crippen molar-refractivity contribution in [2.24, 2.45) is 0 Å². The zero-order valence-electron chi connectivity index (χ0n) is 13.5. The van der Waals surface area contributed by atoms with Crippen LogP contribution in [0.4, 0.5) is 0 Å². The smallest absolute Gasteiger partial charge is 0.260 e. The average molecular weight is 396 g/mol. The lowest BCUT2D eigenvalue weighted by atomic mass is 10.0. The third kappa shape index (κ3) is 4.27. The van der Waals surface area contributed by atoms with E-state index in [4.69, 9.17) is 4.74 Å². The summed E-state index contributed by atoms with van der Waals surface area (Å²) in [5.74, 6) is 0.775. The Morgan fingerprint density at radius 3 is 3.04 bits per heavy atom. The lowest BCUT2D eigenvalue weighted by molar-refractivity contribution is -0.141. The molecule has 0 spiro atoms. The molecule has 2 saturated heterocycles. The van der Waals surface area contributed by atoms with Crippen LogP contribution in [0.2, 0.25) is 0 Å². The predicted octanol–water partition coefficient (Wildman–Crippen LogP) is 1.25. The largest absolute Gasteiger partial charge is 0.484 e. The molecule has 1 aromatic rings. The topological polar surface area (TPSA) is 61.9 Å². The highest BCUT2D eigenvalue weighted by Crippen LogP contribution is 2.19. The van der Waals surface area contributed by atoms with Gasteiger partial charge < -0.3 is 19.9 Å². The molecule has 0 saturated carbocycles. The molecule has 0 aliphatic carbocycles. The Balaban J connectivity index is 1.54. The Morgan fingerprint density at radius 1 is 1.38 bits per heavy atom. The number of nitrogens with one attached hydrogen (secondary N) is 1. The van der Waals surface area contributed by atoms with E-state index in [1.807, 2.05) is 34.1 Å². The number of ether oxygens (including phenoxy) is 1. The first-order chi connectivity index (χ1) is 11.6. The SMILES string of the molecule is O=C(COc1cccc(Br)c1)N1CCCC(N2CCNCC2=O)C1. The number of amides is 2. The molecule has 2 aliphatic heterocycles. The molecule has 2 amide bonds. The third-order valence-electron chi connectivity index (χ3n) is 4.47. The summed E-state index contributed by atoms with van der Waals surface area (Å²) < 4.78 is 6.51. The number of carbonyl (C=O) groups is 2. The van der Waals surface area contributed by atoms with Gasteiger partial charge in [-0.3, -0.25) is 9.59 Å². The van der Waals surface area contributed by atoms with Gasteiger partial charge in [-0.25, -0.2) is 0 Å². The van der Waals surface area contributed by atoms with Crippen molar-refractivity contribution in [3.8, 4) is 5.75 Å². The van der Waals surface area contributed by atoms with Crippen molar-refractivity contribution in [3.05, 3.63) is 28.7 Å². The molecule has 1 unspecified atom stereocenters. The normalized spacial score (nSPS) is 21.7. The maximum absolute atomic E-state index is 12.4. The van der Waals surface area contributed by atoms with E-state index in [9.17, 15) is 9.59 Å². The van der Waals surface area contributed by atoms with Crippen molar-refractivity contribution in [3.63, 3.8) is 0 Å². The fourth-order valence-corrected chi connectivity index (χ4v) is 3.61. The Hall–Kier alpha value is -1.60. The number of benzene rings is 1. The van der Waals surface area contributed by atoms with Crippen molar-refractivity contribution in [2.45, 2.75) is 18.9 Å². The van der Waals surface area contributed by atoms with E-state index in [1.54, 1.807) is 0 Å². The standard InChI is InChI=1S/C17H22BrN3O3/c18-13-3-1-5-15(9-13)24-12-17(23)20-7-2-4-14(11-20)21-8-6-19-10-16(21)22/h1,3,5,9,14,19H,2,4,6-8,10-12H2. The van der Waals surface area contributed by atoms with Gasteiger partial charge in [-0.05, 0) is 31.0 Å². The van der Waals surface area contributed by atoms with E-state index in [0.29, 0.717) is 18.8 Å². The highest BCUT2D eigenvalue weighted by molar-refractivity contribution is 9.10. The molecule has 7 heteroatoms. The minimum Gasteiger partial charge on any atom is -0.484 e. The summed E-state index contributed by atoms with van der Waals surface area (Å²) >= 11 is 3.39. The van der Waals surface area contributed by atoms with Crippen LogP contribution in [-0.2, 0) is 9.59 Å². The molecule has 24 heavy (non-hydrogen) atoms. The lowest BCUT2D eigenvalue weighted by Crippen LogP contribution is -2.57. The van der Waals surface area contributed by atoms with E-state index in [-0.39, 0.29) is 24.5 Å². The van der Waals surface area contributed by atoms with Crippen molar-refractivity contribution in [1.29, 1.82) is 0 Å². The van der Waals surface area contributed by atoms with Gasteiger partial charge in [0.15, 0.2) is 6.61 Å². The van der Waals surface area contributed by atoms with E-state index in [1.165, 1.54) is 0 Å². The summed E-state index contributed by atoms with van der Waals surface area (Å²) in [4.78, 5) is 28.2. The molecule has 130 valence electrons. The number of halogens is 1. The molecule has 2 fully saturated rings. The number of piperidine rings is 1. The van der Waals surface area contributed by atoms with Crippen LogP contribution in [0.3, 0.4) is 0 Å². The highest BCUT2D eigenvalue weighted by atomic mass is 79.9. The van der Waals surface area contributed by atoms with Crippen LogP contribution in [0.1, 0.15) is 12.8 Å². The fourth-order valence-electron chi connectivity index (χ4n) is 3.24. The van der Waals surface area contributed by atoms with Gasteiger partial charge in [0.2, 0.25) is 5.91 Å². The molecule has 2 aliphatic rings. The second-order valence-electron chi connectivity index (χ2n) is 6.15. The van der Waals surface area contributed by atoms with Crippen LogP contribution in [-0.4, -0.2) is 67.0 Å². The minimum absolute atomic E-state index is 0.0257. The Morgan fingerprint density at radius 2 is 2.25 bits per heavy atom. The third-order valence-corrected chi connectivity index (χ3v) is 4.97. The summed E-state index contributed by atoms with van der Waals surface area (Å²) in [7, 11) is 0. The highest BCUT2D eigenvalue weighted by Gasteiger charge is 2.31. The average Bonchev–Trinajstić information content (AvgIpc) is 2.60. The molecule has 0 radical (unpaired) electrons. The summed E-state index contributed by atoms with van der Waals surface area (Å²) in [6.07, 6.45) is 1.88. The van der Waals surface area contributed by atoms with Crippen LogP contribution in [0, 0.1) is 0 Å². The Kier molecular flexibility index (Phi) is 5.73. The molecular weight excluding hydrogens is 374 g/mol. The summed E-state index contributed by atoms with van der Waals surface area (Å²) in [5, 5.41) is 3.08. The quantitative estimate of drug-likeness (QED) is 0.833. The number of hydrogen-bond acceptors (Lipinski definition) is 4. The van der Waals surface area contributed by atoms with Crippen LogP contribution in [0.5, 0.6) is 5.75 Å². The molecule has 3 rings (SSSR count). The number of rotatable bonds is 4. The van der Waals surface area contributed by atoms with Crippen LogP contribution in [0.15, 0.2) is 28.7 Å². The van der Waals surface area contributed by atoms with Gasteiger partial charge >= 0.3 is 0 Å². The molecule has 2 heterocycles. The molecule has 1 aromatic carbocycles. The monoisotopic (exact) mass is 395 g/mol. The maximum Gasteiger partial charge on any atom is 0.260 e. The Bertz CT molecular complexity index is 610. The van der Waals surface area contributed by atoms with E-state index in [0.717, 1.165) is 36.9 Å². The van der Waals surface area contributed by atoms with Gasteiger partial charge in [0.05, 0.1) is 6.54 Å².